The Labute approximate surface area is 152 Å². The molecule has 132 valence electrons. The van der Waals surface area contributed by atoms with Gasteiger partial charge in [-0.25, -0.2) is 18.1 Å². The van der Waals surface area contributed by atoms with Crippen molar-refractivity contribution in [2.45, 2.75) is 25.6 Å². The number of nitrogens with one attached hydrogen (secondary N) is 1. The third kappa shape index (κ3) is 4.21. The van der Waals surface area contributed by atoms with E-state index in [1.165, 1.54) is 0 Å². The van der Waals surface area contributed by atoms with Crippen molar-refractivity contribution in [3.05, 3.63) is 64.9 Å². The first-order chi connectivity index (χ1) is 12.0. The van der Waals surface area contributed by atoms with Gasteiger partial charge in [-0.2, -0.15) is 0 Å². The van der Waals surface area contributed by atoms with Gasteiger partial charge in [0, 0.05) is 35.9 Å². The second-order valence-corrected chi connectivity index (χ2v) is 8.02. The molecule has 2 aromatic heterocycles. The van der Waals surface area contributed by atoms with Crippen LogP contribution < -0.4 is 4.72 Å². The Morgan fingerprint density at radius 1 is 1.16 bits per heavy atom. The molecule has 3 rings (SSSR count). The molecule has 25 heavy (non-hydrogen) atoms. The van der Waals surface area contributed by atoms with Gasteiger partial charge in [-0.1, -0.05) is 29.8 Å². The monoisotopic (exact) mass is 377 g/mol. The molecule has 0 aliphatic rings. The fourth-order valence-electron chi connectivity index (χ4n) is 2.85. The molecule has 0 bridgehead atoms. The largest absolute Gasteiger partial charge is 0.333 e. The van der Waals surface area contributed by atoms with Crippen LogP contribution in [0.1, 0.15) is 18.1 Å². The lowest BCUT2D eigenvalue weighted by Gasteiger charge is -2.08. The molecule has 2 heterocycles. The topological polar surface area (TPSA) is 64.0 Å². The molecule has 0 amide bonds. The standard InChI is InChI=1S/C18H20ClN3O2S/c1-2-22-12-14(16-7-5-10-20-18(16)22)9-11-21-25(23,24)13-15-6-3-4-8-17(15)19/h3-8,10,12,21H,2,9,11,13H2,1H3. The number of sulfonamides is 1. The van der Waals surface area contributed by atoms with Crippen molar-refractivity contribution in [1.82, 2.24) is 14.3 Å². The number of pyridine rings is 1. The minimum atomic E-state index is -3.44. The number of benzene rings is 1. The summed E-state index contributed by atoms with van der Waals surface area (Å²) in [6, 6.07) is 10.9. The Hall–Kier alpha value is -1.89. The zero-order chi connectivity index (χ0) is 17.9. The number of aromatic nitrogens is 2. The normalized spacial score (nSPS) is 11.9. The fourth-order valence-corrected chi connectivity index (χ4v) is 4.31. The van der Waals surface area contributed by atoms with Crippen molar-refractivity contribution in [3.8, 4) is 0 Å². The van der Waals surface area contributed by atoms with E-state index in [9.17, 15) is 8.42 Å². The third-order valence-electron chi connectivity index (χ3n) is 4.08. The molecule has 1 N–H and O–H groups in total. The van der Waals surface area contributed by atoms with E-state index in [-0.39, 0.29) is 5.75 Å². The molecule has 7 heteroatoms. The Balaban J connectivity index is 1.67. The number of rotatable bonds is 7. The summed E-state index contributed by atoms with van der Waals surface area (Å²) >= 11 is 6.04. The Morgan fingerprint density at radius 2 is 1.96 bits per heavy atom. The van der Waals surface area contributed by atoms with E-state index >= 15 is 0 Å². The third-order valence-corrected chi connectivity index (χ3v) is 5.78. The summed E-state index contributed by atoms with van der Waals surface area (Å²) in [6.45, 7) is 3.22. The maximum atomic E-state index is 12.3. The van der Waals surface area contributed by atoms with Gasteiger partial charge in [0.05, 0.1) is 5.75 Å². The van der Waals surface area contributed by atoms with Crippen LogP contribution in [0.4, 0.5) is 0 Å². The highest BCUT2D eigenvalue weighted by atomic mass is 35.5. The Kier molecular flexibility index (Phi) is 5.42. The molecule has 0 saturated carbocycles. The maximum Gasteiger partial charge on any atom is 0.215 e. The van der Waals surface area contributed by atoms with E-state index in [0.29, 0.717) is 23.6 Å². The summed E-state index contributed by atoms with van der Waals surface area (Å²) in [7, 11) is -3.44. The lowest BCUT2D eigenvalue weighted by Crippen LogP contribution is -2.27. The van der Waals surface area contributed by atoms with Crippen LogP contribution in [-0.2, 0) is 28.7 Å². The average molecular weight is 378 g/mol. The molecule has 0 unspecified atom stereocenters. The summed E-state index contributed by atoms with van der Waals surface area (Å²) in [6.07, 6.45) is 4.42. The molecular formula is C18H20ClN3O2S. The van der Waals surface area contributed by atoms with E-state index in [1.54, 1.807) is 30.5 Å². The second kappa shape index (κ2) is 7.56. The van der Waals surface area contributed by atoms with E-state index in [4.69, 9.17) is 11.6 Å². The van der Waals surface area contributed by atoms with Crippen LogP contribution in [-0.4, -0.2) is 24.5 Å². The first-order valence-electron chi connectivity index (χ1n) is 8.13. The highest BCUT2D eigenvalue weighted by Crippen LogP contribution is 2.20. The van der Waals surface area contributed by atoms with Gasteiger partial charge in [-0.05, 0) is 42.7 Å². The maximum absolute atomic E-state index is 12.3. The predicted molar refractivity (Wildman–Crippen MR) is 101 cm³/mol. The highest BCUT2D eigenvalue weighted by Gasteiger charge is 2.14. The SMILES string of the molecule is CCn1cc(CCNS(=O)(=O)Cc2ccccc2Cl)c2cccnc21. The molecule has 3 aromatic rings. The minimum Gasteiger partial charge on any atom is -0.333 e. The zero-order valence-corrected chi connectivity index (χ0v) is 15.5. The molecule has 0 fully saturated rings. The van der Waals surface area contributed by atoms with Gasteiger partial charge in [-0.15, -0.1) is 0 Å². The van der Waals surface area contributed by atoms with Crippen molar-refractivity contribution >= 4 is 32.7 Å². The van der Waals surface area contributed by atoms with E-state index < -0.39 is 10.0 Å². The number of hydrogen-bond acceptors (Lipinski definition) is 3. The van der Waals surface area contributed by atoms with Crippen LogP contribution in [0.2, 0.25) is 5.02 Å². The molecule has 0 radical (unpaired) electrons. The smallest absolute Gasteiger partial charge is 0.215 e. The quantitative estimate of drug-likeness (QED) is 0.686. The van der Waals surface area contributed by atoms with Crippen LogP contribution in [0.15, 0.2) is 48.8 Å². The van der Waals surface area contributed by atoms with Gasteiger partial charge in [0.1, 0.15) is 5.65 Å². The van der Waals surface area contributed by atoms with E-state index in [1.807, 2.05) is 18.3 Å². The first kappa shape index (κ1) is 17.9. The Morgan fingerprint density at radius 3 is 2.72 bits per heavy atom. The van der Waals surface area contributed by atoms with Gasteiger partial charge in [0.2, 0.25) is 10.0 Å². The molecule has 5 nitrogen and oxygen atoms in total. The first-order valence-corrected chi connectivity index (χ1v) is 10.2. The van der Waals surface area contributed by atoms with Crippen LogP contribution in [0.3, 0.4) is 0 Å². The molecule has 0 aliphatic carbocycles. The van der Waals surface area contributed by atoms with E-state index in [0.717, 1.165) is 23.1 Å². The molecule has 0 saturated heterocycles. The van der Waals surface area contributed by atoms with Crippen LogP contribution in [0.5, 0.6) is 0 Å². The van der Waals surface area contributed by atoms with Gasteiger partial charge in [0.15, 0.2) is 0 Å². The number of aryl methyl sites for hydroxylation is 1. The summed E-state index contributed by atoms with van der Waals surface area (Å²) in [5.74, 6) is -0.120. The summed E-state index contributed by atoms with van der Waals surface area (Å²) in [4.78, 5) is 4.40. The molecule has 0 aliphatic heterocycles. The molecule has 0 atom stereocenters. The van der Waals surface area contributed by atoms with Crippen LogP contribution >= 0.6 is 11.6 Å². The van der Waals surface area contributed by atoms with Gasteiger partial charge in [-0.3, -0.25) is 0 Å². The van der Waals surface area contributed by atoms with Crippen molar-refractivity contribution in [1.29, 1.82) is 0 Å². The van der Waals surface area contributed by atoms with Crippen molar-refractivity contribution in [2.24, 2.45) is 0 Å². The Bertz CT molecular complexity index is 983. The second-order valence-electron chi connectivity index (χ2n) is 5.81. The van der Waals surface area contributed by atoms with E-state index in [2.05, 4.69) is 21.2 Å². The summed E-state index contributed by atoms with van der Waals surface area (Å²) in [5.41, 5.74) is 2.62. The fraction of sp³-hybridized carbons (Fsp3) is 0.278. The van der Waals surface area contributed by atoms with Gasteiger partial charge < -0.3 is 4.57 Å². The van der Waals surface area contributed by atoms with Crippen LogP contribution in [0.25, 0.3) is 11.0 Å². The van der Waals surface area contributed by atoms with Crippen LogP contribution in [0, 0.1) is 0 Å². The predicted octanol–water partition coefficient (Wildman–Crippen LogP) is 3.37. The summed E-state index contributed by atoms with van der Waals surface area (Å²) in [5, 5.41) is 1.53. The van der Waals surface area contributed by atoms with Gasteiger partial charge in [0.25, 0.3) is 0 Å². The lowest BCUT2D eigenvalue weighted by molar-refractivity contribution is 0.581. The zero-order valence-electron chi connectivity index (χ0n) is 13.9. The number of nitrogens with zero attached hydrogens (tertiary/aromatic N) is 2. The van der Waals surface area contributed by atoms with Gasteiger partial charge >= 0.3 is 0 Å². The highest BCUT2D eigenvalue weighted by molar-refractivity contribution is 7.88. The number of fused-ring (bicyclic) bond motifs is 1. The minimum absolute atomic E-state index is 0.120. The molecule has 0 spiro atoms. The molecule has 1 aromatic carbocycles. The lowest BCUT2D eigenvalue weighted by atomic mass is 10.2. The van der Waals surface area contributed by atoms with Crippen molar-refractivity contribution in [3.63, 3.8) is 0 Å². The summed E-state index contributed by atoms with van der Waals surface area (Å²) < 4.78 is 29.3. The molecular weight excluding hydrogens is 358 g/mol. The number of halogens is 1. The van der Waals surface area contributed by atoms with Crippen molar-refractivity contribution < 1.29 is 8.42 Å². The average Bonchev–Trinajstić information content (AvgIpc) is 2.95. The van der Waals surface area contributed by atoms with Crippen molar-refractivity contribution in [2.75, 3.05) is 6.54 Å². The number of hydrogen-bond donors (Lipinski definition) is 1.